The van der Waals surface area contributed by atoms with Gasteiger partial charge in [0.25, 0.3) is 0 Å². The molecule has 84 valence electrons. The Balaban J connectivity index is 2.27. The van der Waals surface area contributed by atoms with Crippen molar-refractivity contribution < 1.29 is 4.74 Å². The van der Waals surface area contributed by atoms with E-state index >= 15 is 0 Å². The number of aryl methyl sites for hydroxylation is 1. The van der Waals surface area contributed by atoms with Crippen LogP contribution in [0.1, 0.15) is 12.6 Å². The molecule has 2 rings (SSSR count). The molecule has 0 saturated carbocycles. The molecule has 0 aliphatic carbocycles. The summed E-state index contributed by atoms with van der Waals surface area (Å²) in [5.41, 5.74) is 1.96. The smallest absolute Gasteiger partial charge is 0.125 e. The zero-order valence-corrected chi connectivity index (χ0v) is 10.7. The Morgan fingerprint density at radius 2 is 2.00 bits per heavy atom. The minimum atomic E-state index is 0.682. The van der Waals surface area contributed by atoms with Crippen molar-refractivity contribution >= 4 is 22.9 Å². The first kappa shape index (κ1) is 11.4. The highest BCUT2D eigenvalue weighted by atomic mass is 35.5. The summed E-state index contributed by atoms with van der Waals surface area (Å²) in [4.78, 5) is 4.40. The van der Waals surface area contributed by atoms with Crippen LogP contribution in [-0.2, 0) is 0 Å². The van der Waals surface area contributed by atoms with Gasteiger partial charge in [0.2, 0.25) is 0 Å². The molecule has 0 atom stereocenters. The molecule has 0 spiro atoms. The van der Waals surface area contributed by atoms with Crippen molar-refractivity contribution in [1.29, 1.82) is 0 Å². The van der Waals surface area contributed by atoms with Crippen LogP contribution in [0.4, 0.5) is 0 Å². The molecule has 0 unspecified atom stereocenters. The Bertz CT molecular complexity index is 459. The Morgan fingerprint density at radius 1 is 1.31 bits per heavy atom. The number of nitrogens with zero attached hydrogens (tertiary/aromatic N) is 1. The molecule has 0 amide bonds. The maximum Gasteiger partial charge on any atom is 0.125 e. The lowest BCUT2D eigenvalue weighted by Gasteiger charge is -2.02. The molecule has 2 nitrogen and oxygen atoms in total. The van der Waals surface area contributed by atoms with Gasteiger partial charge in [-0.05, 0) is 38.1 Å². The van der Waals surface area contributed by atoms with Crippen molar-refractivity contribution in [2.45, 2.75) is 13.8 Å². The third kappa shape index (κ3) is 2.36. The number of halogens is 1. The molecule has 0 radical (unpaired) electrons. The van der Waals surface area contributed by atoms with E-state index in [0.717, 1.165) is 26.4 Å². The summed E-state index contributed by atoms with van der Waals surface area (Å²) in [7, 11) is 0. The highest BCUT2D eigenvalue weighted by Crippen LogP contribution is 2.31. The summed E-state index contributed by atoms with van der Waals surface area (Å²) >= 11 is 7.49. The van der Waals surface area contributed by atoms with Crippen LogP contribution in [0.5, 0.6) is 5.75 Å². The number of ether oxygens (including phenoxy) is 1. The summed E-state index contributed by atoms with van der Waals surface area (Å²) in [6.07, 6.45) is 0. The zero-order chi connectivity index (χ0) is 11.5. The van der Waals surface area contributed by atoms with Gasteiger partial charge >= 0.3 is 0 Å². The molecule has 4 heteroatoms. The van der Waals surface area contributed by atoms with Gasteiger partial charge in [0.05, 0.1) is 12.3 Å². The van der Waals surface area contributed by atoms with Crippen LogP contribution in [0.15, 0.2) is 24.3 Å². The van der Waals surface area contributed by atoms with Crippen molar-refractivity contribution in [3.63, 3.8) is 0 Å². The van der Waals surface area contributed by atoms with Crippen molar-refractivity contribution in [2.75, 3.05) is 6.61 Å². The number of hydrogen-bond donors (Lipinski definition) is 0. The summed E-state index contributed by atoms with van der Waals surface area (Å²) < 4.78 is 6.14. The first-order valence-corrected chi connectivity index (χ1v) is 6.26. The van der Waals surface area contributed by atoms with Crippen molar-refractivity contribution in [1.82, 2.24) is 4.98 Å². The van der Waals surface area contributed by atoms with Crippen LogP contribution >= 0.6 is 22.9 Å². The molecule has 0 aliphatic heterocycles. The molecule has 1 heterocycles. The van der Waals surface area contributed by atoms with E-state index in [-0.39, 0.29) is 0 Å². The number of hydrogen-bond acceptors (Lipinski definition) is 3. The molecule has 1 aromatic carbocycles. The van der Waals surface area contributed by atoms with Crippen molar-refractivity contribution in [3.05, 3.63) is 34.3 Å². The van der Waals surface area contributed by atoms with Gasteiger partial charge in [0.1, 0.15) is 15.1 Å². The van der Waals surface area contributed by atoms with Gasteiger partial charge in [-0.3, -0.25) is 0 Å². The quantitative estimate of drug-likeness (QED) is 0.819. The van der Waals surface area contributed by atoms with Crippen LogP contribution in [0.3, 0.4) is 0 Å². The van der Waals surface area contributed by atoms with E-state index in [2.05, 4.69) is 4.98 Å². The van der Waals surface area contributed by atoms with E-state index in [1.54, 1.807) is 0 Å². The lowest BCUT2D eigenvalue weighted by atomic mass is 10.2. The van der Waals surface area contributed by atoms with Crippen LogP contribution < -0.4 is 4.74 Å². The maximum absolute atomic E-state index is 5.99. The SMILES string of the molecule is CCOc1ccc(-c2nc(C)c(Cl)s2)cc1. The van der Waals surface area contributed by atoms with Crippen LogP contribution in [-0.4, -0.2) is 11.6 Å². The number of aromatic nitrogens is 1. The van der Waals surface area contributed by atoms with Gasteiger partial charge in [-0.2, -0.15) is 0 Å². The summed E-state index contributed by atoms with van der Waals surface area (Å²) in [5.74, 6) is 0.880. The van der Waals surface area contributed by atoms with E-state index in [1.165, 1.54) is 11.3 Å². The average Bonchev–Trinajstić information content (AvgIpc) is 2.61. The lowest BCUT2D eigenvalue weighted by molar-refractivity contribution is 0.340. The highest BCUT2D eigenvalue weighted by Gasteiger charge is 2.07. The fourth-order valence-corrected chi connectivity index (χ4v) is 2.42. The normalized spacial score (nSPS) is 10.4. The van der Waals surface area contributed by atoms with Crippen LogP contribution in [0, 0.1) is 6.92 Å². The lowest BCUT2D eigenvalue weighted by Crippen LogP contribution is -1.90. The highest BCUT2D eigenvalue weighted by molar-refractivity contribution is 7.19. The monoisotopic (exact) mass is 253 g/mol. The van der Waals surface area contributed by atoms with Gasteiger partial charge in [-0.1, -0.05) is 11.6 Å². The predicted molar refractivity (Wildman–Crippen MR) is 68.5 cm³/mol. The predicted octanol–water partition coefficient (Wildman–Crippen LogP) is 4.17. The van der Waals surface area contributed by atoms with E-state index in [0.29, 0.717) is 6.61 Å². The van der Waals surface area contributed by atoms with Crippen LogP contribution in [0.2, 0.25) is 4.34 Å². The number of benzene rings is 1. The Hall–Kier alpha value is -1.06. The summed E-state index contributed by atoms with van der Waals surface area (Å²) in [6, 6.07) is 7.89. The Kier molecular flexibility index (Phi) is 3.46. The van der Waals surface area contributed by atoms with Crippen molar-refractivity contribution in [3.8, 4) is 16.3 Å². The summed E-state index contributed by atoms with van der Waals surface area (Å²) in [5, 5.41) is 0.950. The van der Waals surface area contributed by atoms with E-state index in [9.17, 15) is 0 Å². The van der Waals surface area contributed by atoms with E-state index in [4.69, 9.17) is 16.3 Å². The van der Waals surface area contributed by atoms with E-state index < -0.39 is 0 Å². The Morgan fingerprint density at radius 3 is 2.50 bits per heavy atom. The molecule has 16 heavy (non-hydrogen) atoms. The largest absolute Gasteiger partial charge is 0.494 e. The second-order valence-corrected chi connectivity index (χ2v) is 4.94. The minimum absolute atomic E-state index is 0.682. The molecule has 0 N–H and O–H groups in total. The number of thiazole rings is 1. The molecule has 1 aromatic heterocycles. The molecule has 2 aromatic rings. The fourth-order valence-electron chi connectivity index (χ4n) is 1.36. The van der Waals surface area contributed by atoms with Gasteiger partial charge in [-0.25, -0.2) is 4.98 Å². The van der Waals surface area contributed by atoms with Crippen molar-refractivity contribution in [2.24, 2.45) is 0 Å². The molecular formula is C12H12ClNOS. The average molecular weight is 254 g/mol. The maximum atomic E-state index is 5.99. The molecular weight excluding hydrogens is 242 g/mol. The van der Waals surface area contributed by atoms with Gasteiger partial charge in [-0.15, -0.1) is 11.3 Å². The molecule has 0 aliphatic rings. The topological polar surface area (TPSA) is 22.1 Å². The van der Waals surface area contributed by atoms with Gasteiger partial charge in [0, 0.05) is 5.56 Å². The molecule has 0 saturated heterocycles. The fraction of sp³-hybridized carbons (Fsp3) is 0.250. The first-order valence-electron chi connectivity index (χ1n) is 5.07. The third-order valence-electron chi connectivity index (χ3n) is 2.15. The standard InChI is InChI=1S/C12H12ClNOS/c1-3-15-10-6-4-9(5-7-10)12-14-8(2)11(13)16-12/h4-7H,3H2,1-2H3. The second kappa shape index (κ2) is 4.85. The third-order valence-corrected chi connectivity index (χ3v) is 3.65. The van der Waals surface area contributed by atoms with E-state index in [1.807, 2.05) is 38.1 Å². The van der Waals surface area contributed by atoms with Gasteiger partial charge in [0.15, 0.2) is 0 Å². The zero-order valence-electron chi connectivity index (χ0n) is 9.16. The molecule has 0 bridgehead atoms. The van der Waals surface area contributed by atoms with Gasteiger partial charge < -0.3 is 4.74 Å². The Labute approximate surface area is 104 Å². The minimum Gasteiger partial charge on any atom is -0.494 e. The van der Waals surface area contributed by atoms with Crippen LogP contribution in [0.25, 0.3) is 10.6 Å². The molecule has 0 fully saturated rings. The summed E-state index contributed by atoms with van der Waals surface area (Å²) in [6.45, 7) is 4.57. The number of rotatable bonds is 3. The second-order valence-electron chi connectivity index (χ2n) is 3.34. The first-order chi connectivity index (χ1) is 7.70.